The molecule has 2 N–H and O–H groups in total. The Bertz CT molecular complexity index is 470. The largest absolute Gasteiger partial charge is 0.493 e. The van der Waals surface area contributed by atoms with Gasteiger partial charge in [-0.15, -0.1) is 24.0 Å². The van der Waals surface area contributed by atoms with Crippen molar-refractivity contribution in [3.63, 3.8) is 0 Å². The molecule has 0 atom stereocenters. The van der Waals surface area contributed by atoms with Crippen LogP contribution in [0.3, 0.4) is 0 Å². The summed E-state index contributed by atoms with van der Waals surface area (Å²) in [4.78, 5) is 4.52. The molecule has 1 rings (SSSR count). The third kappa shape index (κ3) is 8.26. The highest BCUT2D eigenvalue weighted by Crippen LogP contribution is 2.29. The summed E-state index contributed by atoms with van der Waals surface area (Å²) in [6, 6.07) is 5.67. The van der Waals surface area contributed by atoms with Crippen LogP contribution < -0.4 is 20.1 Å². The molecule has 1 aromatic carbocycles. The summed E-state index contributed by atoms with van der Waals surface area (Å²) in [6.07, 6.45) is 0.899. The van der Waals surface area contributed by atoms with E-state index in [4.69, 9.17) is 14.2 Å². The molecule has 132 valence electrons. The molecule has 0 aromatic heterocycles. The highest BCUT2D eigenvalue weighted by Gasteiger charge is 2.06. The molecule has 0 radical (unpaired) electrons. The van der Waals surface area contributed by atoms with Crippen molar-refractivity contribution >= 4 is 35.6 Å². The predicted octanol–water partition coefficient (Wildman–Crippen LogP) is 3.13. The van der Waals surface area contributed by atoms with Crippen LogP contribution in [0.2, 0.25) is 0 Å². The predicted molar refractivity (Wildman–Crippen MR) is 106 cm³/mol. The van der Waals surface area contributed by atoms with Gasteiger partial charge in [0.2, 0.25) is 0 Å². The Hall–Kier alpha value is -1.22. The molecular formula is C16H28IN3O3. The Kier molecular flexibility index (Phi) is 12.5. The minimum absolute atomic E-state index is 0. The Morgan fingerprint density at radius 1 is 1.13 bits per heavy atom. The van der Waals surface area contributed by atoms with Crippen LogP contribution in [0.25, 0.3) is 0 Å². The van der Waals surface area contributed by atoms with E-state index in [1.54, 1.807) is 14.2 Å². The number of ether oxygens (including phenoxy) is 3. The lowest BCUT2D eigenvalue weighted by Gasteiger charge is -2.13. The van der Waals surface area contributed by atoms with Gasteiger partial charge in [0.1, 0.15) is 0 Å². The van der Waals surface area contributed by atoms with Gasteiger partial charge in [0.15, 0.2) is 17.5 Å². The molecule has 0 heterocycles. The van der Waals surface area contributed by atoms with Crippen molar-refractivity contribution in [3.8, 4) is 11.5 Å². The van der Waals surface area contributed by atoms with Gasteiger partial charge in [-0.25, -0.2) is 0 Å². The van der Waals surface area contributed by atoms with Crippen molar-refractivity contribution in [2.24, 2.45) is 4.99 Å². The third-order valence-electron chi connectivity index (χ3n) is 2.91. The summed E-state index contributed by atoms with van der Waals surface area (Å²) in [5.74, 6) is 2.12. The zero-order chi connectivity index (χ0) is 16.2. The zero-order valence-electron chi connectivity index (χ0n) is 14.3. The van der Waals surface area contributed by atoms with E-state index in [0.717, 1.165) is 37.8 Å². The van der Waals surface area contributed by atoms with E-state index in [2.05, 4.69) is 15.6 Å². The lowest BCUT2D eigenvalue weighted by molar-refractivity contribution is 0.146. The van der Waals surface area contributed by atoms with Crippen LogP contribution in [-0.4, -0.2) is 46.5 Å². The number of anilines is 1. The van der Waals surface area contributed by atoms with Crippen molar-refractivity contribution in [2.45, 2.75) is 20.3 Å². The van der Waals surface area contributed by atoms with Crippen LogP contribution in [0.1, 0.15) is 20.3 Å². The summed E-state index contributed by atoms with van der Waals surface area (Å²) in [5.41, 5.74) is 0.891. The SMILES string of the molecule is CCNC(=NCCCOCC)Nc1ccc(OC)c(OC)c1.I. The Morgan fingerprint density at radius 2 is 1.87 bits per heavy atom. The van der Waals surface area contributed by atoms with Crippen LogP contribution in [0.15, 0.2) is 23.2 Å². The second-order valence-corrected chi connectivity index (χ2v) is 4.51. The fraction of sp³-hybridized carbons (Fsp3) is 0.562. The summed E-state index contributed by atoms with van der Waals surface area (Å²) in [7, 11) is 3.24. The van der Waals surface area contributed by atoms with Crippen molar-refractivity contribution in [1.29, 1.82) is 0 Å². The number of methoxy groups -OCH3 is 2. The van der Waals surface area contributed by atoms with Crippen molar-refractivity contribution < 1.29 is 14.2 Å². The van der Waals surface area contributed by atoms with Crippen LogP contribution in [-0.2, 0) is 4.74 Å². The first kappa shape index (κ1) is 21.8. The number of guanidine groups is 1. The Labute approximate surface area is 156 Å². The van der Waals surface area contributed by atoms with Crippen molar-refractivity contribution in [2.75, 3.05) is 45.8 Å². The van der Waals surface area contributed by atoms with E-state index in [1.165, 1.54) is 0 Å². The van der Waals surface area contributed by atoms with Crippen LogP contribution in [0.5, 0.6) is 11.5 Å². The number of aliphatic imine (C=N–C) groups is 1. The zero-order valence-corrected chi connectivity index (χ0v) is 16.7. The van der Waals surface area contributed by atoms with Gasteiger partial charge in [-0.05, 0) is 32.4 Å². The minimum Gasteiger partial charge on any atom is -0.493 e. The molecule has 23 heavy (non-hydrogen) atoms. The first-order valence-corrected chi connectivity index (χ1v) is 7.60. The molecule has 0 bridgehead atoms. The van der Waals surface area contributed by atoms with E-state index >= 15 is 0 Å². The summed E-state index contributed by atoms with van der Waals surface area (Å²) >= 11 is 0. The molecule has 0 fully saturated rings. The number of hydrogen-bond donors (Lipinski definition) is 2. The topological polar surface area (TPSA) is 64.1 Å². The second-order valence-electron chi connectivity index (χ2n) is 4.51. The second kappa shape index (κ2) is 13.2. The molecule has 0 saturated carbocycles. The highest BCUT2D eigenvalue weighted by molar-refractivity contribution is 14.0. The molecule has 6 nitrogen and oxygen atoms in total. The molecule has 0 aliphatic carbocycles. The van der Waals surface area contributed by atoms with Gasteiger partial charge in [-0.3, -0.25) is 4.99 Å². The first-order valence-electron chi connectivity index (χ1n) is 7.60. The smallest absolute Gasteiger partial charge is 0.195 e. The monoisotopic (exact) mass is 437 g/mol. The van der Waals surface area contributed by atoms with E-state index in [9.17, 15) is 0 Å². The maximum absolute atomic E-state index is 5.31. The summed E-state index contributed by atoms with van der Waals surface area (Å²) in [5, 5.41) is 6.47. The summed E-state index contributed by atoms with van der Waals surface area (Å²) in [6.45, 7) is 7.01. The average Bonchev–Trinajstić information content (AvgIpc) is 2.54. The number of nitrogens with one attached hydrogen (secondary N) is 2. The van der Waals surface area contributed by atoms with E-state index in [1.807, 2.05) is 32.0 Å². The number of benzene rings is 1. The third-order valence-corrected chi connectivity index (χ3v) is 2.91. The van der Waals surface area contributed by atoms with Crippen LogP contribution in [0.4, 0.5) is 5.69 Å². The van der Waals surface area contributed by atoms with Gasteiger partial charge in [-0.1, -0.05) is 0 Å². The van der Waals surface area contributed by atoms with Crippen molar-refractivity contribution in [3.05, 3.63) is 18.2 Å². The summed E-state index contributed by atoms with van der Waals surface area (Å²) < 4.78 is 15.8. The molecular weight excluding hydrogens is 409 g/mol. The molecule has 0 spiro atoms. The van der Waals surface area contributed by atoms with Gasteiger partial charge < -0.3 is 24.8 Å². The number of hydrogen-bond acceptors (Lipinski definition) is 4. The molecule has 7 heteroatoms. The fourth-order valence-corrected chi connectivity index (χ4v) is 1.86. The molecule has 0 aliphatic rings. The van der Waals surface area contributed by atoms with E-state index in [0.29, 0.717) is 18.0 Å². The molecule has 0 saturated heterocycles. The maximum Gasteiger partial charge on any atom is 0.195 e. The quantitative estimate of drug-likeness (QED) is 0.269. The van der Waals surface area contributed by atoms with Gasteiger partial charge in [0.05, 0.1) is 14.2 Å². The molecule has 0 unspecified atom stereocenters. The van der Waals surface area contributed by atoms with Gasteiger partial charge in [0.25, 0.3) is 0 Å². The normalized spacial score (nSPS) is 10.7. The van der Waals surface area contributed by atoms with E-state index < -0.39 is 0 Å². The Balaban J connectivity index is 0.00000484. The van der Waals surface area contributed by atoms with Gasteiger partial charge in [0, 0.05) is 38.1 Å². The fourth-order valence-electron chi connectivity index (χ4n) is 1.86. The molecule has 1 aromatic rings. The lowest BCUT2D eigenvalue weighted by atomic mass is 10.3. The highest BCUT2D eigenvalue weighted by atomic mass is 127. The first-order chi connectivity index (χ1) is 10.7. The van der Waals surface area contributed by atoms with Gasteiger partial charge >= 0.3 is 0 Å². The number of nitrogens with zero attached hydrogens (tertiary/aromatic N) is 1. The minimum atomic E-state index is 0. The molecule has 0 amide bonds. The van der Waals surface area contributed by atoms with Crippen LogP contribution >= 0.6 is 24.0 Å². The molecule has 0 aliphatic heterocycles. The van der Waals surface area contributed by atoms with E-state index in [-0.39, 0.29) is 24.0 Å². The Morgan fingerprint density at radius 3 is 2.48 bits per heavy atom. The number of rotatable bonds is 9. The lowest BCUT2D eigenvalue weighted by Crippen LogP contribution is -2.30. The maximum atomic E-state index is 5.31. The average molecular weight is 437 g/mol. The van der Waals surface area contributed by atoms with Crippen molar-refractivity contribution in [1.82, 2.24) is 5.32 Å². The van der Waals surface area contributed by atoms with Gasteiger partial charge in [-0.2, -0.15) is 0 Å². The standard InChI is InChI=1S/C16H27N3O3.HI/c1-5-17-16(18-10-7-11-22-6-2)19-13-8-9-14(20-3)15(12-13)21-4;/h8-9,12H,5-7,10-11H2,1-4H3,(H2,17,18,19);1H. The number of halogens is 1. The van der Waals surface area contributed by atoms with Crippen LogP contribution in [0, 0.1) is 0 Å².